The molecule has 1 aromatic heterocycles. The van der Waals surface area contributed by atoms with E-state index in [4.69, 9.17) is 0 Å². The lowest BCUT2D eigenvalue weighted by Gasteiger charge is -2.07. The Morgan fingerprint density at radius 3 is 2.67 bits per heavy atom. The molecule has 0 radical (unpaired) electrons. The predicted molar refractivity (Wildman–Crippen MR) is 68.1 cm³/mol. The van der Waals surface area contributed by atoms with E-state index < -0.39 is 11.7 Å². The molecule has 0 fully saturated rings. The summed E-state index contributed by atoms with van der Waals surface area (Å²) in [4.78, 5) is 16.0. The summed E-state index contributed by atoms with van der Waals surface area (Å²) in [5, 5.41) is 2.61. The summed E-state index contributed by atoms with van der Waals surface area (Å²) in [5.41, 5.74) is 1.89. The van der Waals surface area contributed by atoms with Gasteiger partial charge in [-0.3, -0.25) is 9.78 Å². The molecule has 0 atom stereocenters. The van der Waals surface area contributed by atoms with Crippen molar-refractivity contribution in [3.05, 3.63) is 59.2 Å². The highest BCUT2D eigenvalue weighted by atomic mass is 19.1. The molecule has 0 aliphatic carbocycles. The zero-order valence-corrected chi connectivity index (χ0v) is 10.2. The third-order valence-electron chi connectivity index (χ3n) is 2.61. The Labute approximate surface area is 105 Å². The highest BCUT2D eigenvalue weighted by molar-refractivity contribution is 6.04. The highest BCUT2D eigenvalue weighted by Crippen LogP contribution is 2.14. The van der Waals surface area contributed by atoms with Crippen LogP contribution in [0.25, 0.3) is 0 Å². The van der Waals surface area contributed by atoms with Crippen molar-refractivity contribution in [3.63, 3.8) is 0 Å². The number of halogens is 1. The first-order chi connectivity index (χ1) is 8.58. The first-order valence-electron chi connectivity index (χ1n) is 5.57. The Kier molecular flexibility index (Phi) is 3.37. The Bertz CT molecular complexity index is 579. The van der Waals surface area contributed by atoms with Crippen LogP contribution in [0.2, 0.25) is 0 Å². The second-order valence-electron chi connectivity index (χ2n) is 4.08. The molecule has 18 heavy (non-hydrogen) atoms. The number of aryl methyl sites for hydroxylation is 2. The quantitative estimate of drug-likeness (QED) is 0.882. The molecule has 0 unspecified atom stereocenters. The molecule has 3 nitrogen and oxygen atoms in total. The van der Waals surface area contributed by atoms with E-state index in [1.54, 1.807) is 37.4 Å². The van der Waals surface area contributed by atoms with Gasteiger partial charge in [0.25, 0.3) is 5.91 Å². The summed E-state index contributed by atoms with van der Waals surface area (Å²) in [6.45, 7) is 3.48. The first-order valence-corrected chi connectivity index (χ1v) is 5.57. The average molecular weight is 244 g/mol. The molecular weight excluding hydrogens is 231 g/mol. The molecular formula is C14H13FN2O. The number of carbonyl (C=O) groups excluding carboxylic acids is 1. The van der Waals surface area contributed by atoms with Crippen LogP contribution in [0.3, 0.4) is 0 Å². The number of benzene rings is 1. The van der Waals surface area contributed by atoms with Crippen LogP contribution in [0.5, 0.6) is 0 Å². The minimum Gasteiger partial charge on any atom is -0.320 e. The lowest BCUT2D eigenvalue weighted by atomic mass is 10.1. The van der Waals surface area contributed by atoms with Crippen LogP contribution in [-0.4, -0.2) is 10.9 Å². The van der Waals surface area contributed by atoms with Gasteiger partial charge in [0.2, 0.25) is 0 Å². The second kappa shape index (κ2) is 4.96. The zero-order chi connectivity index (χ0) is 13.1. The molecule has 4 heteroatoms. The molecule has 92 valence electrons. The van der Waals surface area contributed by atoms with Gasteiger partial charge in [0.15, 0.2) is 0 Å². The number of nitrogens with zero attached hydrogens (tertiary/aromatic N) is 1. The molecule has 0 spiro atoms. The number of hydrogen-bond donors (Lipinski definition) is 1. The van der Waals surface area contributed by atoms with Gasteiger partial charge in [-0.25, -0.2) is 4.39 Å². The Morgan fingerprint density at radius 1 is 1.22 bits per heavy atom. The molecule has 2 aromatic rings. The predicted octanol–water partition coefficient (Wildman–Crippen LogP) is 3.09. The fourth-order valence-corrected chi connectivity index (χ4v) is 1.56. The number of rotatable bonds is 2. The Balaban J connectivity index is 2.22. The molecule has 1 amide bonds. The van der Waals surface area contributed by atoms with Gasteiger partial charge in [0.05, 0.1) is 17.4 Å². The van der Waals surface area contributed by atoms with Crippen LogP contribution < -0.4 is 5.32 Å². The molecule has 0 saturated heterocycles. The van der Waals surface area contributed by atoms with Gasteiger partial charge in [-0.05, 0) is 37.6 Å². The number of anilines is 1. The zero-order valence-electron chi connectivity index (χ0n) is 10.2. The first kappa shape index (κ1) is 12.2. The number of pyridine rings is 1. The van der Waals surface area contributed by atoms with Crippen molar-refractivity contribution in [1.29, 1.82) is 0 Å². The molecule has 0 bridgehead atoms. The van der Waals surface area contributed by atoms with Crippen molar-refractivity contribution in [3.8, 4) is 0 Å². The van der Waals surface area contributed by atoms with Crippen molar-refractivity contribution >= 4 is 11.6 Å². The summed E-state index contributed by atoms with van der Waals surface area (Å²) in [6, 6.07) is 8.25. The van der Waals surface area contributed by atoms with Gasteiger partial charge >= 0.3 is 0 Å². The normalized spacial score (nSPS) is 10.2. The van der Waals surface area contributed by atoms with Crippen molar-refractivity contribution in [2.45, 2.75) is 13.8 Å². The van der Waals surface area contributed by atoms with Crippen LogP contribution in [0, 0.1) is 19.7 Å². The van der Waals surface area contributed by atoms with Crippen LogP contribution in [-0.2, 0) is 0 Å². The Morgan fingerprint density at radius 2 is 2.00 bits per heavy atom. The lowest BCUT2D eigenvalue weighted by molar-refractivity contribution is 0.102. The fraction of sp³-hybridized carbons (Fsp3) is 0.143. The van der Waals surface area contributed by atoms with Gasteiger partial charge in [-0.15, -0.1) is 0 Å². The van der Waals surface area contributed by atoms with Crippen molar-refractivity contribution in [2.24, 2.45) is 0 Å². The summed E-state index contributed by atoms with van der Waals surface area (Å²) < 4.78 is 13.7. The van der Waals surface area contributed by atoms with Crippen molar-refractivity contribution < 1.29 is 9.18 Å². The molecule has 2 rings (SSSR count). The van der Waals surface area contributed by atoms with Crippen molar-refractivity contribution in [1.82, 2.24) is 4.98 Å². The van der Waals surface area contributed by atoms with Gasteiger partial charge in [0, 0.05) is 5.69 Å². The molecule has 1 heterocycles. The maximum absolute atomic E-state index is 13.7. The maximum Gasteiger partial charge on any atom is 0.258 e. The van der Waals surface area contributed by atoms with Gasteiger partial charge in [-0.1, -0.05) is 12.1 Å². The minimum atomic E-state index is -0.491. The largest absolute Gasteiger partial charge is 0.320 e. The number of hydrogen-bond acceptors (Lipinski definition) is 2. The maximum atomic E-state index is 13.7. The van der Waals surface area contributed by atoms with E-state index in [-0.39, 0.29) is 5.56 Å². The van der Waals surface area contributed by atoms with E-state index in [1.807, 2.05) is 6.92 Å². The number of carbonyl (C=O) groups is 1. The van der Waals surface area contributed by atoms with Crippen LogP contribution in [0.4, 0.5) is 10.1 Å². The number of nitrogens with one attached hydrogen (secondary N) is 1. The fourth-order valence-electron chi connectivity index (χ4n) is 1.56. The second-order valence-corrected chi connectivity index (χ2v) is 4.08. The highest BCUT2D eigenvalue weighted by Gasteiger charge is 2.13. The third kappa shape index (κ3) is 2.53. The van der Waals surface area contributed by atoms with E-state index in [0.717, 1.165) is 5.69 Å². The molecule has 0 aliphatic rings. The van der Waals surface area contributed by atoms with Gasteiger partial charge in [0.1, 0.15) is 5.82 Å². The van der Waals surface area contributed by atoms with Gasteiger partial charge < -0.3 is 5.32 Å². The number of aromatic nitrogens is 1. The number of amides is 1. The minimum absolute atomic E-state index is 0.0376. The average Bonchev–Trinajstić information content (AvgIpc) is 2.35. The monoisotopic (exact) mass is 244 g/mol. The summed E-state index contributed by atoms with van der Waals surface area (Å²) in [5.74, 6) is -0.961. The molecule has 1 aromatic carbocycles. The standard InChI is InChI=1S/C14H13FN2O/c1-9-4-3-5-12(13(9)15)14(18)17-11-7-6-10(2)16-8-11/h3-8H,1-2H3,(H,17,18). The van der Waals surface area contributed by atoms with Crippen molar-refractivity contribution in [2.75, 3.05) is 5.32 Å². The van der Waals surface area contributed by atoms with E-state index in [9.17, 15) is 9.18 Å². The van der Waals surface area contributed by atoms with Crippen LogP contribution >= 0.6 is 0 Å². The summed E-state index contributed by atoms with van der Waals surface area (Å²) in [7, 11) is 0. The molecule has 1 N–H and O–H groups in total. The van der Waals surface area contributed by atoms with E-state index in [1.165, 1.54) is 6.07 Å². The molecule has 0 saturated carbocycles. The third-order valence-corrected chi connectivity index (χ3v) is 2.61. The molecule has 0 aliphatic heterocycles. The van der Waals surface area contributed by atoms with Crippen LogP contribution in [0.15, 0.2) is 36.5 Å². The van der Waals surface area contributed by atoms with Crippen LogP contribution in [0.1, 0.15) is 21.6 Å². The summed E-state index contributed by atoms with van der Waals surface area (Å²) >= 11 is 0. The smallest absolute Gasteiger partial charge is 0.258 e. The topological polar surface area (TPSA) is 42.0 Å². The lowest BCUT2D eigenvalue weighted by Crippen LogP contribution is -2.14. The SMILES string of the molecule is Cc1ccc(NC(=O)c2cccc(C)c2F)cn1. The van der Waals surface area contributed by atoms with Gasteiger partial charge in [-0.2, -0.15) is 0 Å². The Hall–Kier alpha value is -2.23. The van der Waals surface area contributed by atoms with E-state index in [0.29, 0.717) is 11.3 Å². The summed E-state index contributed by atoms with van der Waals surface area (Å²) in [6.07, 6.45) is 1.54. The van der Waals surface area contributed by atoms with E-state index in [2.05, 4.69) is 10.3 Å². The van der Waals surface area contributed by atoms with E-state index >= 15 is 0 Å².